The average molecular weight is 327 g/mol. The Labute approximate surface area is 135 Å². The van der Waals surface area contributed by atoms with Crippen LogP contribution in [0.5, 0.6) is 0 Å². The van der Waals surface area contributed by atoms with Crippen LogP contribution in [0.25, 0.3) is 28.0 Å². The summed E-state index contributed by atoms with van der Waals surface area (Å²) in [6, 6.07) is 14.7. The molecule has 0 atom stereocenters. The second-order valence-corrected chi connectivity index (χ2v) is 5.44. The second-order valence-electron chi connectivity index (χ2n) is 5.44. The maximum Gasteiger partial charge on any atom is 0.416 e. The van der Waals surface area contributed by atoms with E-state index in [0.29, 0.717) is 0 Å². The Morgan fingerprint density at radius 1 is 0.958 bits per heavy atom. The summed E-state index contributed by atoms with van der Waals surface area (Å²) >= 11 is 0. The Bertz CT molecular complexity index is 994. The molecule has 0 unspecified atom stereocenters. The average Bonchev–Trinajstić information content (AvgIpc) is 3.22. The lowest BCUT2D eigenvalue weighted by Crippen LogP contribution is -2.04. The normalized spacial score (nSPS) is 12.0. The molecule has 4 rings (SSSR count). The van der Waals surface area contributed by atoms with E-state index in [1.807, 2.05) is 41.1 Å². The van der Waals surface area contributed by atoms with E-state index in [1.54, 1.807) is 6.33 Å². The molecule has 0 saturated carbocycles. The highest BCUT2D eigenvalue weighted by Crippen LogP contribution is 2.32. The van der Waals surface area contributed by atoms with Crippen LogP contribution in [0.3, 0.4) is 0 Å². The molecule has 0 amide bonds. The first-order valence-corrected chi connectivity index (χ1v) is 7.31. The molecule has 2 heterocycles. The molecule has 2 aromatic carbocycles. The molecule has 0 aliphatic carbocycles. The maximum absolute atomic E-state index is 12.7. The maximum atomic E-state index is 12.7. The van der Waals surface area contributed by atoms with Crippen LogP contribution in [0.4, 0.5) is 13.2 Å². The van der Waals surface area contributed by atoms with Crippen LogP contribution in [-0.4, -0.2) is 14.5 Å². The summed E-state index contributed by atoms with van der Waals surface area (Å²) in [5.41, 5.74) is 3.57. The van der Waals surface area contributed by atoms with Crippen molar-refractivity contribution in [3.8, 4) is 16.9 Å². The van der Waals surface area contributed by atoms with Crippen molar-refractivity contribution < 1.29 is 13.2 Å². The summed E-state index contributed by atoms with van der Waals surface area (Å²) in [6.45, 7) is 0. The van der Waals surface area contributed by atoms with Crippen molar-refractivity contribution in [2.24, 2.45) is 0 Å². The number of benzene rings is 2. The van der Waals surface area contributed by atoms with Gasteiger partial charge in [0.25, 0.3) is 0 Å². The van der Waals surface area contributed by atoms with E-state index in [4.69, 9.17) is 0 Å². The number of nitrogens with one attached hydrogen (secondary N) is 1. The zero-order chi connectivity index (χ0) is 16.7. The monoisotopic (exact) mass is 327 g/mol. The fourth-order valence-electron chi connectivity index (χ4n) is 2.74. The predicted octanol–water partition coefficient (Wildman–Crippen LogP) is 5.04. The number of imidazole rings is 1. The summed E-state index contributed by atoms with van der Waals surface area (Å²) in [7, 11) is 0. The molecule has 120 valence electrons. The first kappa shape index (κ1) is 14.6. The molecule has 0 spiro atoms. The summed E-state index contributed by atoms with van der Waals surface area (Å²) in [6.07, 6.45) is -0.822. The smallest absolute Gasteiger partial charge is 0.345 e. The van der Waals surface area contributed by atoms with Crippen molar-refractivity contribution in [2.45, 2.75) is 6.18 Å². The number of H-pyrrole nitrogens is 1. The van der Waals surface area contributed by atoms with Crippen molar-refractivity contribution >= 4 is 11.0 Å². The third kappa shape index (κ3) is 2.46. The van der Waals surface area contributed by atoms with E-state index in [1.165, 1.54) is 12.1 Å². The van der Waals surface area contributed by atoms with E-state index >= 15 is 0 Å². The van der Waals surface area contributed by atoms with Crippen LogP contribution in [0.15, 0.2) is 67.1 Å². The summed E-state index contributed by atoms with van der Waals surface area (Å²) in [5.74, 6) is 0. The summed E-state index contributed by atoms with van der Waals surface area (Å²) < 4.78 is 40.1. The van der Waals surface area contributed by atoms with E-state index in [-0.39, 0.29) is 0 Å². The van der Waals surface area contributed by atoms with E-state index in [9.17, 15) is 13.2 Å². The minimum Gasteiger partial charge on any atom is -0.345 e. The van der Waals surface area contributed by atoms with Gasteiger partial charge in [-0.05, 0) is 48.0 Å². The van der Waals surface area contributed by atoms with Gasteiger partial charge in [-0.2, -0.15) is 13.2 Å². The topological polar surface area (TPSA) is 33.6 Å². The lowest BCUT2D eigenvalue weighted by molar-refractivity contribution is -0.137. The van der Waals surface area contributed by atoms with Gasteiger partial charge in [-0.25, -0.2) is 4.98 Å². The largest absolute Gasteiger partial charge is 0.416 e. The van der Waals surface area contributed by atoms with Crippen molar-refractivity contribution in [1.29, 1.82) is 0 Å². The number of aromatic amines is 1. The van der Waals surface area contributed by atoms with Gasteiger partial charge in [0.1, 0.15) is 0 Å². The number of rotatable bonds is 2. The van der Waals surface area contributed by atoms with Crippen LogP contribution < -0.4 is 0 Å². The molecular weight excluding hydrogens is 315 g/mol. The number of nitrogens with zero attached hydrogens (tertiary/aromatic N) is 2. The molecule has 0 aliphatic rings. The Morgan fingerprint density at radius 3 is 2.50 bits per heavy atom. The van der Waals surface area contributed by atoms with Gasteiger partial charge in [0.05, 0.1) is 28.6 Å². The van der Waals surface area contributed by atoms with Crippen molar-refractivity contribution in [1.82, 2.24) is 14.5 Å². The molecule has 6 heteroatoms. The number of hydrogen-bond donors (Lipinski definition) is 1. The van der Waals surface area contributed by atoms with Crippen LogP contribution in [0.2, 0.25) is 0 Å². The fourth-order valence-corrected chi connectivity index (χ4v) is 2.74. The van der Waals surface area contributed by atoms with Gasteiger partial charge < -0.3 is 9.55 Å². The Kier molecular flexibility index (Phi) is 3.19. The molecule has 2 aromatic heterocycles. The van der Waals surface area contributed by atoms with E-state index < -0.39 is 11.7 Å². The number of halogens is 3. The standard InChI is InChI=1S/C18H12F3N3/c19-18(20,21)13-5-3-12(4-6-13)17-2-1-9-24(17)14-7-8-15-16(10-14)23-11-22-15/h1-11H,(H,22,23). The van der Waals surface area contributed by atoms with Gasteiger partial charge in [0.2, 0.25) is 0 Å². The minimum atomic E-state index is -4.33. The highest BCUT2D eigenvalue weighted by Gasteiger charge is 2.30. The second kappa shape index (κ2) is 5.26. The Balaban J connectivity index is 1.77. The zero-order valence-electron chi connectivity index (χ0n) is 12.4. The first-order chi connectivity index (χ1) is 11.5. The highest BCUT2D eigenvalue weighted by molar-refractivity contribution is 5.77. The number of alkyl halides is 3. The van der Waals surface area contributed by atoms with Crippen LogP contribution in [0.1, 0.15) is 5.56 Å². The minimum absolute atomic E-state index is 0.650. The lowest BCUT2D eigenvalue weighted by Gasteiger charge is -2.11. The van der Waals surface area contributed by atoms with Gasteiger partial charge in [0.15, 0.2) is 0 Å². The van der Waals surface area contributed by atoms with Gasteiger partial charge in [0, 0.05) is 11.9 Å². The van der Waals surface area contributed by atoms with E-state index in [2.05, 4.69) is 9.97 Å². The molecule has 0 fully saturated rings. The van der Waals surface area contributed by atoms with Gasteiger partial charge in [-0.3, -0.25) is 0 Å². The third-order valence-corrected chi connectivity index (χ3v) is 3.94. The lowest BCUT2D eigenvalue weighted by atomic mass is 10.1. The summed E-state index contributed by atoms with van der Waals surface area (Å²) in [5, 5.41) is 0. The zero-order valence-corrected chi connectivity index (χ0v) is 12.4. The molecule has 4 aromatic rings. The third-order valence-electron chi connectivity index (χ3n) is 3.94. The molecule has 3 nitrogen and oxygen atoms in total. The first-order valence-electron chi connectivity index (χ1n) is 7.31. The molecule has 0 saturated heterocycles. The SMILES string of the molecule is FC(F)(F)c1ccc(-c2cccn2-c2ccc3nc[nH]c3c2)cc1. The molecule has 1 N–H and O–H groups in total. The summed E-state index contributed by atoms with van der Waals surface area (Å²) in [4.78, 5) is 7.24. The predicted molar refractivity (Wildman–Crippen MR) is 85.9 cm³/mol. The quantitative estimate of drug-likeness (QED) is 0.550. The fraction of sp³-hybridized carbons (Fsp3) is 0.0556. The van der Waals surface area contributed by atoms with Crippen molar-refractivity contribution in [3.05, 3.63) is 72.7 Å². The number of fused-ring (bicyclic) bond motifs is 1. The van der Waals surface area contributed by atoms with Crippen molar-refractivity contribution in [3.63, 3.8) is 0 Å². The Hall–Kier alpha value is -3.02. The van der Waals surface area contributed by atoms with Gasteiger partial charge in [-0.1, -0.05) is 12.1 Å². The van der Waals surface area contributed by atoms with E-state index in [0.717, 1.165) is 40.1 Å². The molecule has 0 bridgehead atoms. The highest BCUT2D eigenvalue weighted by atomic mass is 19.4. The molecular formula is C18H12F3N3. The molecule has 0 radical (unpaired) electrons. The Morgan fingerprint density at radius 2 is 1.75 bits per heavy atom. The van der Waals surface area contributed by atoms with Crippen LogP contribution in [-0.2, 0) is 6.18 Å². The van der Waals surface area contributed by atoms with Crippen LogP contribution in [0, 0.1) is 0 Å². The number of hydrogen-bond acceptors (Lipinski definition) is 1. The van der Waals surface area contributed by atoms with Gasteiger partial charge in [-0.15, -0.1) is 0 Å². The van der Waals surface area contributed by atoms with Gasteiger partial charge >= 0.3 is 6.18 Å². The van der Waals surface area contributed by atoms with Crippen molar-refractivity contribution in [2.75, 3.05) is 0 Å². The molecule has 0 aliphatic heterocycles. The van der Waals surface area contributed by atoms with Crippen LogP contribution >= 0.6 is 0 Å². The number of aromatic nitrogens is 3. The molecule has 24 heavy (non-hydrogen) atoms.